The molecular weight excluding hydrogens is 403 g/mol. The van der Waals surface area contributed by atoms with E-state index in [1.165, 1.54) is 4.57 Å². The molecule has 0 radical (unpaired) electrons. The maximum atomic E-state index is 12.3. The molecule has 0 aliphatic carbocycles. The van der Waals surface area contributed by atoms with Crippen molar-refractivity contribution < 1.29 is 9.53 Å². The first kappa shape index (κ1) is 16.3. The third-order valence-corrected chi connectivity index (χ3v) is 4.03. The monoisotopic (exact) mass is 418 g/mol. The number of ether oxygens (including phenoxy) is 1. The number of aryl methyl sites for hydroxylation is 1. The molecule has 0 fully saturated rings. The molecule has 0 saturated carbocycles. The molecular formula is C15H16ClIN2O2. The number of pyridine rings is 1. The summed E-state index contributed by atoms with van der Waals surface area (Å²) in [6, 6.07) is 0. The summed E-state index contributed by atoms with van der Waals surface area (Å²) in [5, 5.41) is 1.22. The molecule has 2 heterocycles. The van der Waals surface area contributed by atoms with E-state index in [0.29, 0.717) is 22.3 Å². The number of rotatable bonds is 2. The fourth-order valence-corrected chi connectivity index (χ4v) is 3.26. The number of allylic oxidation sites excluding steroid dienone is 2. The molecule has 0 unspecified atom stereocenters. The van der Waals surface area contributed by atoms with Gasteiger partial charge in [0.25, 0.3) is 0 Å². The number of carbonyl (C=O) groups is 1. The summed E-state index contributed by atoms with van der Waals surface area (Å²) in [6.45, 7) is 7.74. The number of hydrogen-bond donors (Lipinski definition) is 0. The largest absolute Gasteiger partial charge is 0.423 e. The van der Waals surface area contributed by atoms with Gasteiger partial charge in [-0.15, -0.1) is 0 Å². The van der Waals surface area contributed by atoms with Gasteiger partial charge >= 0.3 is 6.09 Å². The van der Waals surface area contributed by atoms with Crippen LogP contribution in [0.3, 0.4) is 0 Å². The number of nitrogens with zero attached hydrogens (tertiary/aromatic N) is 2. The Kier molecular flexibility index (Phi) is 4.93. The number of carbonyl (C=O) groups excluding carboxylic acids is 1. The Morgan fingerprint density at radius 1 is 1.52 bits per heavy atom. The minimum absolute atomic E-state index is 0.293. The number of aromatic nitrogens is 2. The van der Waals surface area contributed by atoms with Crippen molar-refractivity contribution in [2.45, 2.75) is 27.7 Å². The van der Waals surface area contributed by atoms with Gasteiger partial charge in [0.05, 0.1) is 5.52 Å². The van der Waals surface area contributed by atoms with Crippen LogP contribution in [-0.2, 0) is 4.74 Å². The SMILES string of the molecule is C/C(=C/C(C)C)OC(=O)n1cc(C)c2c(I)cnc(Cl)c21. The zero-order valence-corrected chi connectivity index (χ0v) is 15.2. The first-order chi connectivity index (χ1) is 9.81. The van der Waals surface area contributed by atoms with Gasteiger partial charge in [-0.3, -0.25) is 0 Å². The molecule has 0 spiro atoms. The normalized spacial score (nSPS) is 12.2. The minimum atomic E-state index is -0.479. The Hall–Kier alpha value is -1.08. The molecule has 0 amide bonds. The summed E-state index contributed by atoms with van der Waals surface area (Å²) in [6.07, 6.45) is 4.83. The quantitative estimate of drug-likeness (QED) is 0.385. The van der Waals surface area contributed by atoms with Gasteiger partial charge in [-0.25, -0.2) is 14.3 Å². The van der Waals surface area contributed by atoms with Gasteiger partial charge in [0.1, 0.15) is 5.76 Å². The lowest BCUT2D eigenvalue weighted by Gasteiger charge is -2.08. The summed E-state index contributed by atoms with van der Waals surface area (Å²) in [5.41, 5.74) is 1.55. The van der Waals surface area contributed by atoms with E-state index in [1.54, 1.807) is 19.3 Å². The van der Waals surface area contributed by atoms with Crippen LogP contribution in [0.2, 0.25) is 5.15 Å². The maximum Gasteiger partial charge on any atom is 0.423 e. The van der Waals surface area contributed by atoms with Gasteiger partial charge in [-0.2, -0.15) is 0 Å². The van der Waals surface area contributed by atoms with E-state index in [4.69, 9.17) is 16.3 Å². The Labute approximate surface area is 142 Å². The third kappa shape index (κ3) is 3.40. The van der Waals surface area contributed by atoms with Crippen LogP contribution in [0.25, 0.3) is 10.9 Å². The topological polar surface area (TPSA) is 44.1 Å². The Morgan fingerprint density at radius 3 is 2.81 bits per heavy atom. The molecule has 2 aromatic heterocycles. The van der Waals surface area contributed by atoms with Crippen molar-refractivity contribution in [3.8, 4) is 0 Å². The highest BCUT2D eigenvalue weighted by Gasteiger charge is 2.18. The van der Waals surface area contributed by atoms with Crippen LogP contribution < -0.4 is 0 Å². The third-order valence-electron chi connectivity index (χ3n) is 2.93. The Bertz CT molecular complexity index is 735. The standard InChI is InChI=1S/C15H16ClIN2O2/c1-8(2)5-10(4)21-15(20)19-7-9(3)12-11(17)6-18-14(16)13(12)19/h5-8H,1-4H3/b10-5-. The number of halogens is 2. The van der Waals surface area contributed by atoms with Crippen LogP contribution in [0, 0.1) is 16.4 Å². The summed E-state index contributed by atoms with van der Waals surface area (Å²) in [7, 11) is 0. The lowest BCUT2D eigenvalue weighted by atomic mass is 10.2. The van der Waals surface area contributed by atoms with Crippen molar-refractivity contribution in [3.05, 3.63) is 38.5 Å². The van der Waals surface area contributed by atoms with Gasteiger partial charge in [0.2, 0.25) is 0 Å². The highest BCUT2D eigenvalue weighted by Crippen LogP contribution is 2.30. The van der Waals surface area contributed by atoms with Gasteiger partial charge < -0.3 is 4.74 Å². The van der Waals surface area contributed by atoms with E-state index in [2.05, 4.69) is 27.6 Å². The molecule has 2 aromatic rings. The van der Waals surface area contributed by atoms with Crippen LogP contribution in [0.5, 0.6) is 0 Å². The molecule has 2 rings (SSSR count). The molecule has 0 atom stereocenters. The van der Waals surface area contributed by atoms with E-state index >= 15 is 0 Å². The second-order valence-electron chi connectivity index (χ2n) is 5.19. The number of hydrogen-bond acceptors (Lipinski definition) is 3. The molecule has 0 aromatic carbocycles. The molecule has 6 heteroatoms. The van der Waals surface area contributed by atoms with Crippen molar-refractivity contribution in [1.29, 1.82) is 0 Å². The molecule has 0 saturated heterocycles. The molecule has 0 bridgehead atoms. The van der Waals surface area contributed by atoms with E-state index in [0.717, 1.165) is 14.5 Å². The van der Waals surface area contributed by atoms with Gasteiger partial charge in [0.15, 0.2) is 5.15 Å². The van der Waals surface area contributed by atoms with Crippen molar-refractivity contribution in [3.63, 3.8) is 0 Å². The molecule has 21 heavy (non-hydrogen) atoms. The average Bonchev–Trinajstić information content (AvgIpc) is 2.72. The van der Waals surface area contributed by atoms with Crippen molar-refractivity contribution in [2.24, 2.45) is 5.92 Å². The second kappa shape index (κ2) is 6.36. The van der Waals surface area contributed by atoms with Crippen molar-refractivity contribution in [1.82, 2.24) is 9.55 Å². The molecule has 0 aliphatic heterocycles. The lowest BCUT2D eigenvalue weighted by Crippen LogP contribution is -2.12. The fraction of sp³-hybridized carbons (Fsp3) is 0.333. The lowest BCUT2D eigenvalue weighted by molar-refractivity contribution is 0.178. The predicted octanol–water partition coefficient (Wildman–Crippen LogP) is 5.15. The molecule has 112 valence electrons. The second-order valence-corrected chi connectivity index (χ2v) is 6.71. The Balaban J connectivity index is 2.48. The van der Waals surface area contributed by atoms with Crippen LogP contribution in [0.4, 0.5) is 4.79 Å². The Morgan fingerprint density at radius 2 is 2.19 bits per heavy atom. The maximum absolute atomic E-state index is 12.3. The first-order valence-corrected chi connectivity index (χ1v) is 7.99. The van der Waals surface area contributed by atoms with Gasteiger partial charge in [-0.1, -0.05) is 25.4 Å². The first-order valence-electron chi connectivity index (χ1n) is 6.53. The van der Waals surface area contributed by atoms with E-state index in [9.17, 15) is 4.79 Å². The van der Waals surface area contributed by atoms with Crippen LogP contribution in [0.15, 0.2) is 24.2 Å². The minimum Gasteiger partial charge on any atom is -0.415 e. The average molecular weight is 419 g/mol. The number of fused-ring (bicyclic) bond motifs is 1. The van der Waals surface area contributed by atoms with E-state index in [1.807, 2.05) is 26.8 Å². The van der Waals surface area contributed by atoms with Crippen molar-refractivity contribution in [2.75, 3.05) is 0 Å². The highest BCUT2D eigenvalue weighted by molar-refractivity contribution is 14.1. The van der Waals surface area contributed by atoms with Crippen LogP contribution in [-0.4, -0.2) is 15.6 Å². The molecule has 0 N–H and O–H groups in total. The zero-order valence-electron chi connectivity index (χ0n) is 12.3. The van der Waals surface area contributed by atoms with Gasteiger partial charge in [0, 0.05) is 21.4 Å². The summed E-state index contributed by atoms with van der Waals surface area (Å²) in [4.78, 5) is 16.4. The molecule has 0 aliphatic rings. The van der Waals surface area contributed by atoms with Crippen molar-refractivity contribution >= 4 is 51.2 Å². The smallest absolute Gasteiger partial charge is 0.415 e. The molecule has 4 nitrogen and oxygen atoms in total. The van der Waals surface area contributed by atoms with Gasteiger partial charge in [-0.05, 0) is 54.0 Å². The van der Waals surface area contributed by atoms with Crippen LogP contribution in [0.1, 0.15) is 26.3 Å². The summed E-state index contributed by atoms with van der Waals surface area (Å²) < 4.78 is 7.73. The van der Waals surface area contributed by atoms with E-state index in [-0.39, 0.29) is 0 Å². The highest BCUT2D eigenvalue weighted by atomic mass is 127. The predicted molar refractivity (Wildman–Crippen MR) is 92.7 cm³/mol. The fourth-order valence-electron chi connectivity index (χ4n) is 2.21. The summed E-state index contributed by atoms with van der Waals surface area (Å²) >= 11 is 8.34. The summed E-state index contributed by atoms with van der Waals surface area (Å²) in [5.74, 6) is 0.886. The zero-order chi connectivity index (χ0) is 15.7. The van der Waals surface area contributed by atoms with E-state index < -0.39 is 6.09 Å². The van der Waals surface area contributed by atoms with Crippen LogP contribution >= 0.6 is 34.2 Å².